The number of piperazine rings is 1. The quantitative estimate of drug-likeness (QED) is 0.775. The van der Waals surface area contributed by atoms with Crippen LogP contribution in [0.3, 0.4) is 0 Å². The minimum Gasteiger partial charge on any atom is -0.489 e. The summed E-state index contributed by atoms with van der Waals surface area (Å²) in [5, 5.41) is 0. The van der Waals surface area contributed by atoms with Gasteiger partial charge in [0.25, 0.3) is 0 Å². The van der Waals surface area contributed by atoms with Gasteiger partial charge in [-0.15, -0.1) is 0 Å². The first-order valence-corrected chi connectivity index (χ1v) is 10.1. The molecule has 0 spiro atoms. The molecule has 1 fully saturated rings. The van der Waals surface area contributed by atoms with Crippen LogP contribution in [-0.4, -0.2) is 57.0 Å². The molecule has 2 aromatic carbocycles. The molecule has 0 aliphatic carbocycles. The summed E-state index contributed by atoms with van der Waals surface area (Å²) in [5.41, 5.74) is 1.03. The van der Waals surface area contributed by atoms with E-state index in [1.807, 2.05) is 19.1 Å². The maximum absolute atomic E-state index is 13.5. The van der Waals surface area contributed by atoms with Crippen LogP contribution in [-0.2, 0) is 10.0 Å². The summed E-state index contributed by atoms with van der Waals surface area (Å²) < 4.78 is 45.9. The Morgan fingerprint density at radius 2 is 1.65 bits per heavy atom. The molecule has 7 heteroatoms. The molecule has 1 aliphatic heterocycles. The number of benzene rings is 2. The second kappa shape index (κ2) is 8.16. The summed E-state index contributed by atoms with van der Waals surface area (Å²) in [7, 11) is -3.45. The SMILES string of the molecule is Cc1ccc(S(=O)(=O)N2CCN(CCOc3ccccc3F)CC2)cc1. The van der Waals surface area contributed by atoms with Crippen LogP contribution in [0.1, 0.15) is 5.56 Å². The first-order valence-electron chi connectivity index (χ1n) is 8.63. The van der Waals surface area contributed by atoms with Crippen molar-refractivity contribution in [1.29, 1.82) is 0 Å². The lowest BCUT2D eigenvalue weighted by Gasteiger charge is -2.33. The summed E-state index contributed by atoms with van der Waals surface area (Å²) in [6.07, 6.45) is 0. The molecule has 1 heterocycles. The van der Waals surface area contributed by atoms with E-state index in [0.717, 1.165) is 5.56 Å². The van der Waals surface area contributed by atoms with Crippen molar-refractivity contribution in [2.75, 3.05) is 39.3 Å². The van der Waals surface area contributed by atoms with Crippen molar-refractivity contribution >= 4 is 10.0 Å². The fourth-order valence-corrected chi connectivity index (χ4v) is 4.32. The molecule has 0 amide bonds. The van der Waals surface area contributed by atoms with E-state index in [4.69, 9.17) is 4.74 Å². The third-order valence-corrected chi connectivity index (χ3v) is 6.40. The minimum atomic E-state index is -3.45. The molecule has 0 atom stereocenters. The fraction of sp³-hybridized carbons (Fsp3) is 0.368. The molecular formula is C19H23FN2O3S. The Hall–Kier alpha value is -1.96. The summed E-state index contributed by atoms with van der Waals surface area (Å²) in [4.78, 5) is 2.46. The highest BCUT2D eigenvalue weighted by Gasteiger charge is 2.28. The second-order valence-corrected chi connectivity index (χ2v) is 8.28. The van der Waals surface area contributed by atoms with Gasteiger partial charge in [0.15, 0.2) is 11.6 Å². The number of rotatable bonds is 6. The van der Waals surface area contributed by atoms with Crippen LogP contribution in [0, 0.1) is 12.7 Å². The molecule has 0 N–H and O–H groups in total. The molecule has 1 aliphatic rings. The Morgan fingerprint density at radius 1 is 1.00 bits per heavy atom. The number of para-hydroxylation sites is 1. The molecule has 1 saturated heterocycles. The number of aryl methyl sites for hydroxylation is 1. The molecule has 0 aromatic heterocycles. The number of halogens is 1. The average molecular weight is 378 g/mol. The topological polar surface area (TPSA) is 49.9 Å². The Labute approximate surface area is 154 Å². The van der Waals surface area contributed by atoms with Gasteiger partial charge in [-0.2, -0.15) is 4.31 Å². The predicted molar refractivity (Wildman–Crippen MR) is 98.3 cm³/mol. The van der Waals surface area contributed by atoms with Crippen LogP contribution in [0.15, 0.2) is 53.4 Å². The van der Waals surface area contributed by atoms with Gasteiger partial charge in [-0.1, -0.05) is 29.8 Å². The van der Waals surface area contributed by atoms with Crippen LogP contribution in [0.5, 0.6) is 5.75 Å². The summed E-state index contributed by atoms with van der Waals surface area (Å²) in [6.45, 7) is 5.07. The van der Waals surface area contributed by atoms with Gasteiger partial charge in [0.2, 0.25) is 10.0 Å². The average Bonchev–Trinajstić information content (AvgIpc) is 2.64. The second-order valence-electron chi connectivity index (χ2n) is 6.34. The van der Waals surface area contributed by atoms with Gasteiger partial charge in [-0.3, -0.25) is 4.90 Å². The lowest BCUT2D eigenvalue weighted by molar-refractivity contribution is 0.157. The molecule has 2 aromatic rings. The molecule has 0 radical (unpaired) electrons. The van der Waals surface area contributed by atoms with E-state index in [0.29, 0.717) is 44.2 Å². The highest BCUT2D eigenvalue weighted by molar-refractivity contribution is 7.89. The Bertz CT molecular complexity index is 832. The Morgan fingerprint density at radius 3 is 2.31 bits per heavy atom. The van der Waals surface area contributed by atoms with Crippen molar-refractivity contribution in [1.82, 2.24) is 9.21 Å². The first-order chi connectivity index (χ1) is 12.5. The highest BCUT2D eigenvalue weighted by Crippen LogP contribution is 2.18. The summed E-state index contributed by atoms with van der Waals surface area (Å²) in [6, 6.07) is 13.2. The van der Waals surface area contributed by atoms with Crippen molar-refractivity contribution in [2.45, 2.75) is 11.8 Å². The molecule has 140 valence electrons. The number of hydrogen-bond acceptors (Lipinski definition) is 4. The molecule has 0 saturated carbocycles. The Balaban J connectivity index is 1.49. The standard InChI is InChI=1S/C19H23FN2O3S/c1-16-6-8-17(9-7-16)26(23,24)22-12-10-21(11-13-22)14-15-25-19-5-3-2-4-18(19)20/h2-9H,10-15H2,1H3. The number of ether oxygens (including phenoxy) is 1. The van der Waals surface area contributed by atoms with E-state index in [-0.39, 0.29) is 11.6 Å². The number of nitrogens with zero attached hydrogens (tertiary/aromatic N) is 2. The van der Waals surface area contributed by atoms with Crippen molar-refractivity contribution in [2.24, 2.45) is 0 Å². The van der Waals surface area contributed by atoms with Crippen LogP contribution in [0.25, 0.3) is 0 Å². The van der Waals surface area contributed by atoms with E-state index in [1.54, 1.807) is 30.3 Å². The van der Waals surface area contributed by atoms with Crippen molar-refractivity contribution < 1.29 is 17.5 Å². The van der Waals surface area contributed by atoms with Crippen molar-refractivity contribution in [3.63, 3.8) is 0 Å². The van der Waals surface area contributed by atoms with Gasteiger partial charge in [-0.25, -0.2) is 12.8 Å². The van der Waals surface area contributed by atoms with Gasteiger partial charge < -0.3 is 4.74 Å². The number of hydrogen-bond donors (Lipinski definition) is 0. The van der Waals surface area contributed by atoms with Gasteiger partial charge in [0.1, 0.15) is 6.61 Å². The van der Waals surface area contributed by atoms with E-state index in [1.165, 1.54) is 10.4 Å². The number of sulfonamides is 1. The third-order valence-electron chi connectivity index (χ3n) is 4.49. The predicted octanol–water partition coefficient (Wildman–Crippen LogP) is 2.52. The van der Waals surface area contributed by atoms with Gasteiger partial charge in [0, 0.05) is 32.7 Å². The van der Waals surface area contributed by atoms with E-state index in [2.05, 4.69) is 4.90 Å². The van der Waals surface area contributed by atoms with Crippen molar-refractivity contribution in [3.05, 3.63) is 59.9 Å². The third kappa shape index (κ3) is 4.41. The maximum atomic E-state index is 13.5. The zero-order chi connectivity index (χ0) is 18.6. The largest absolute Gasteiger partial charge is 0.489 e. The van der Waals surface area contributed by atoms with Gasteiger partial charge in [-0.05, 0) is 31.2 Å². The van der Waals surface area contributed by atoms with Crippen LogP contribution < -0.4 is 4.74 Å². The van der Waals surface area contributed by atoms with Gasteiger partial charge in [0.05, 0.1) is 4.90 Å². The van der Waals surface area contributed by atoms with E-state index >= 15 is 0 Å². The molecule has 5 nitrogen and oxygen atoms in total. The monoisotopic (exact) mass is 378 g/mol. The summed E-state index contributed by atoms with van der Waals surface area (Å²) >= 11 is 0. The van der Waals surface area contributed by atoms with Crippen molar-refractivity contribution in [3.8, 4) is 5.75 Å². The van der Waals surface area contributed by atoms with Crippen LogP contribution in [0.4, 0.5) is 4.39 Å². The maximum Gasteiger partial charge on any atom is 0.243 e. The minimum absolute atomic E-state index is 0.244. The van der Waals surface area contributed by atoms with E-state index in [9.17, 15) is 12.8 Å². The lowest BCUT2D eigenvalue weighted by atomic mass is 10.2. The Kier molecular flexibility index (Phi) is 5.90. The molecule has 0 bridgehead atoms. The zero-order valence-corrected chi connectivity index (χ0v) is 15.6. The molecule has 26 heavy (non-hydrogen) atoms. The lowest BCUT2D eigenvalue weighted by Crippen LogP contribution is -2.49. The summed E-state index contributed by atoms with van der Waals surface area (Å²) in [5.74, 6) is -0.130. The zero-order valence-electron chi connectivity index (χ0n) is 14.8. The molecule has 0 unspecified atom stereocenters. The molecular weight excluding hydrogens is 355 g/mol. The fourth-order valence-electron chi connectivity index (χ4n) is 2.90. The normalized spacial score (nSPS) is 16.5. The molecule has 3 rings (SSSR count). The highest BCUT2D eigenvalue weighted by atomic mass is 32.2. The van der Waals surface area contributed by atoms with E-state index < -0.39 is 10.0 Å². The smallest absolute Gasteiger partial charge is 0.243 e. The first kappa shape index (κ1) is 18.8. The van der Waals surface area contributed by atoms with Crippen LogP contribution in [0.2, 0.25) is 0 Å². The van der Waals surface area contributed by atoms with Crippen LogP contribution >= 0.6 is 0 Å². The van der Waals surface area contributed by atoms with Gasteiger partial charge >= 0.3 is 0 Å².